The highest BCUT2D eigenvalue weighted by Crippen LogP contribution is 2.21. The first-order valence-electron chi connectivity index (χ1n) is 6.15. The van der Waals surface area contributed by atoms with Crippen molar-refractivity contribution in [1.29, 1.82) is 0 Å². The highest BCUT2D eigenvalue weighted by atomic mass is 35.5. The van der Waals surface area contributed by atoms with Crippen LogP contribution in [0.25, 0.3) is 0 Å². The molecule has 3 N–H and O–H groups in total. The molecule has 0 spiro atoms. The summed E-state index contributed by atoms with van der Waals surface area (Å²) in [5.74, 6) is -1.12. The predicted octanol–water partition coefficient (Wildman–Crippen LogP) is 2.11. The summed E-state index contributed by atoms with van der Waals surface area (Å²) in [6.07, 6.45) is 0.807. The number of nitrogens with zero attached hydrogens (tertiary/aromatic N) is 1. The number of hydrogen-bond donors (Lipinski definition) is 3. The number of carboxylic acids is 1. The molecule has 0 aliphatic rings. The summed E-state index contributed by atoms with van der Waals surface area (Å²) in [6.45, 7) is 1.37. The minimum Gasteiger partial charge on any atom is -0.478 e. The van der Waals surface area contributed by atoms with Crippen LogP contribution in [0.2, 0.25) is 5.02 Å². The van der Waals surface area contributed by atoms with Crippen molar-refractivity contribution in [3.05, 3.63) is 28.8 Å². The van der Waals surface area contributed by atoms with Crippen LogP contribution in [-0.4, -0.2) is 49.2 Å². The van der Waals surface area contributed by atoms with E-state index in [0.29, 0.717) is 11.6 Å². The number of benzene rings is 1. The van der Waals surface area contributed by atoms with Gasteiger partial charge in [0, 0.05) is 18.6 Å². The number of anilines is 1. The van der Waals surface area contributed by atoms with Gasteiger partial charge >= 0.3 is 12.0 Å². The molecule has 0 fully saturated rings. The SMILES string of the molecule is CNCCCN(C)C(=O)Nc1cc(Cl)ccc1C(=O)O. The minimum atomic E-state index is -1.12. The van der Waals surface area contributed by atoms with E-state index in [9.17, 15) is 9.59 Å². The second kappa shape index (κ2) is 7.72. The smallest absolute Gasteiger partial charge is 0.337 e. The number of rotatable bonds is 6. The molecular weight excluding hydrogens is 282 g/mol. The van der Waals surface area contributed by atoms with Crippen molar-refractivity contribution in [1.82, 2.24) is 10.2 Å². The molecule has 0 bridgehead atoms. The van der Waals surface area contributed by atoms with Gasteiger partial charge in [-0.2, -0.15) is 0 Å². The number of hydrogen-bond acceptors (Lipinski definition) is 3. The Balaban J connectivity index is 2.74. The normalized spacial score (nSPS) is 10.2. The fourth-order valence-electron chi connectivity index (χ4n) is 1.61. The molecule has 6 nitrogen and oxygen atoms in total. The number of urea groups is 1. The van der Waals surface area contributed by atoms with Crippen molar-refractivity contribution >= 4 is 29.3 Å². The topological polar surface area (TPSA) is 81.7 Å². The Bertz CT molecular complexity index is 494. The first-order chi connectivity index (χ1) is 9.45. The molecule has 7 heteroatoms. The third-order valence-electron chi connectivity index (χ3n) is 2.72. The summed E-state index contributed by atoms with van der Waals surface area (Å²) < 4.78 is 0. The summed E-state index contributed by atoms with van der Waals surface area (Å²) in [7, 11) is 3.49. The molecule has 0 radical (unpaired) electrons. The predicted molar refractivity (Wildman–Crippen MR) is 78.6 cm³/mol. The Morgan fingerprint density at radius 1 is 1.40 bits per heavy atom. The average Bonchev–Trinajstić information content (AvgIpc) is 2.38. The Labute approximate surface area is 122 Å². The highest BCUT2D eigenvalue weighted by molar-refractivity contribution is 6.31. The van der Waals surface area contributed by atoms with Gasteiger partial charge in [0.1, 0.15) is 0 Å². The van der Waals surface area contributed by atoms with Gasteiger partial charge in [0.05, 0.1) is 11.3 Å². The van der Waals surface area contributed by atoms with E-state index in [0.717, 1.165) is 13.0 Å². The minimum absolute atomic E-state index is 0.00590. The lowest BCUT2D eigenvalue weighted by atomic mass is 10.2. The number of aromatic carboxylic acids is 1. The standard InChI is InChI=1S/C13H18ClN3O3/c1-15-6-3-7-17(2)13(20)16-11-8-9(14)4-5-10(11)12(18)19/h4-5,8,15H,3,6-7H2,1-2H3,(H,16,20)(H,18,19). The Morgan fingerprint density at radius 2 is 2.10 bits per heavy atom. The molecule has 0 saturated heterocycles. The maximum Gasteiger partial charge on any atom is 0.337 e. The fourth-order valence-corrected chi connectivity index (χ4v) is 1.78. The van der Waals surface area contributed by atoms with Gasteiger partial charge in [-0.3, -0.25) is 0 Å². The van der Waals surface area contributed by atoms with Crippen molar-refractivity contribution in [3.63, 3.8) is 0 Å². The first kappa shape index (κ1) is 16.3. The Hall–Kier alpha value is -1.79. The maximum atomic E-state index is 12.0. The van der Waals surface area contributed by atoms with Crippen LogP contribution in [0.15, 0.2) is 18.2 Å². The van der Waals surface area contributed by atoms with Crippen LogP contribution >= 0.6 is 11.6 Å². The molecule has 0 aromatic heterocycles. The summed E-state index contributed by atoms with van der Waals surface area (Å²) in [5, 5.41) is 15.0. The average molecular weight is 300 g/mol. The van der Waals surface area contributed by atoms with Crippen molar-refractivity contribution < 1.29 is 14.7 Å². The molecule has 20 heavy (non-hydrogen) atoms. The summed E-state index contributed by atoms with van der Waals surface area (Å²) in [6, 6.07) is 3.88. The van der Waals surface area contributed by atoms with Crippen molar-refractivity contribution in [2.45, 2.75) is 6.42 Å². The van der Waals surface area contributed by atoms with Gasteiger partial charge in [0.25, 0.3) is 0 Å². The van der Waals surface area contributed by atoms with E-state index in [1.165, 1.54) is 23.1 Å². The van der Waals surface area contributed by atoms with E-state index in [4.69, 9.17) is 16.7 Å². The van der Waals surface area contributed by atoms with Gasteiger partial charge in [-0.05, 0) is 38.2 Å². The Kier molecular flexibility index (Phi) is 6.27. The van der Waals surface area contributed by atoms with Crippen molar-refractivity contribution in [2.24, 2.45) is 0 Å². The number of nitrogens with one attached hydrogen (secondary N) is 2. The van der Waals surface area contributed by atoms with Gasteiger partial charge in [-0.25, -0.2) is 9.59 Å². The molecule has 0 atom stereocenters. The molecule has 110 valence electrons. The van der Waals surface area contributed by atoms with Gasteiger partial charge in [0.2, 0.25) is 0 Å². The molecule has 0 aliphatic heterocycles. The van der Waals surface area contributed by atoms with Gasteiger partial charge < -0.3 is 20.6 Å². The number of amides is 2. The third kappa shape index (κ3) is 4.71. The fraction of sp³-hybridized carbons (Fsp3) is 0.385. The molecule has 1 rings (SSSR count). The largest absolute Gasteiger partial charge is 0.478 e. The Morgan fingerprint density at radius 3 is 2.70 bits per heavy atom. The molecule has 0 aliphatic carbocycles. The van der Waals surface area contributed by atoms with E-state index in [2.05, 4.69) is 10.6 Å². The molecule has 1 aromatic rings. The molecule has 0 saturated carbocycles. The van der Waals surface area contributed by atoms with Crippen LogP contribution in [0.4, 0.5) is 10.5 Å². The molecular formula is C13H18ClN3O3. The lowest BCUT2D eigenvalue weighted by Gasteiger charge is -2.18. The summed E-state index contributed by atoms with van der Waals surface area (Å²) in [4.78, 5) is 24.5. The quantitative estimate of drug-likeness (QED) is 0.703. The van der Waals surface area contributed by atoms with Gasteiger partial charge in [0.15, 0.2) is 0 Å². The summed E-state index contributed by atoms with van der Waals surface area (Å²) in [5.41, 5.74) is 0.196. The van der Waals surface area contributed by atoms with Crippen molar-refractivity contribution in [2.75, 3.05) is 32.5 Å². The van der Waals surface area contributed by atoms with Crippen molar-refractivity contribution in [3.8, 4) is 0 Å². The number of carbonyl (C=O) groups is 2. The molecule has 0 heterocycles. The lowest BCUT2D eigenvalue weighted by molar-refractivity contribution is 0.0698. The second-order valence-electron chi connectivity index (χ2n) is 4.30. The van der Waals surface area contributed by atoms with Crippen LogP contribution < -0.4 is 10.6 Å². The van der Waals surface area contributed by atoms with E-state index in [1.54, 1.807) is 7.05 Å². The van der Waals surface area contributed by atoms with E-state index >= 15 is 0 Å². The number of carboxylic acid groups (broad SMARTS) is 1. The monoisotopic (exact) mass is 299 g/mol. The maximum absolute atomic E-state index is 12.0. The van der Waals surface area contributed by atoms with E-state index < -0.39 is 5.97 Å². The third-order valence-corrected chi connectivity index (χ3v) is 2.96. The van der Waals surface area contributed by atoms with E-state index in [-0.39, 0.29) is 17.3 Å². The van der Waals surface area contributed by atoms with Crippen LogP contribution in [0, 0.1) is 0 Å². The lowest BCUT2D eigenvalue weighted by Crippen LogP contribution is -2.33. The van der Waals surface area contributed by atoms with Crippen LogP contribution in [0.1, 0.15) is 16.8 Å². The number of carbonyl (C=O) groups excluding carboxylic acids is 1. The molecule has 1 aromatic carbocycles. The van der Waals surface area contributed by atoms with Gasteiger partial charge in [-0.1, -0.05) is 11.6 Å². The van der Waals surface area contributed by atoms with Crippen LogP contribution in [0.5, 0.6) is 0 Å². The zero-order valence-electron chi connectivity index (χ0n) is 11.4. The zero-order chi connectivity index (χ0) is 15.1. The molecule has 2 amide bonds. The van der Waals surface area contributed by atoms with Gasteiger partial charge in [-0.15, -0.1) is 0 Å². The summed E-state index contributed by atoms with van der Waals surface area (Å²) >= 11 is 5.82. The van der Waals surface area contributed by atoms with E-state index in [1.807, 2.05) is 7.05 Å². The molecule has 0 unspecified atom stereocenters. The first-order valence-corrected chi connectivity index (χ1v) is 6.53. The van der Waals surface area contributed by atoms with Crippen LogP contribution in [-0.2, 0) is 0 Å². The number of halogens is 1. The zero-order valence-corrected chi connectivity index (χ0v) is 12.2. The van der Waals surface area contributed by atoms with Crippen LogP contribution in [0.3, 0.4) is 0 Å². The second-order valence-corrected chi connectivity index (χ2v) is 4.74. The highest BCUT2D eigenvalue weighted by Gasteiger charge is 2.15.